The highest BCUT2D eigenvalue weighted by Crippen LogP contribution is 2.40. The second kappa shape index (κ2) is 6.28. The molecule has 5 nitrogen and oxygen atoms in total. The van der Waals surface area contributed by atoms with E-state index in [0.29, 0.717) is 27.1 Å². The molecular formula is C22H13NO4S. The van der Waals surface area contributed by atoms with Crippen molar-refractivity contribution >= 4 is 39.1 Å². The van der Waals surface area contributed by atoms with Crippen LogP contribution >= 0.6 is 11.3 Å². The first-order chi connectivity index (χ1) is 13.6. The van der Waals surface area contributed by atoms with Crippen LogP contribution in [0.5, 0.6) is 0 Å². The molecule has 5 aromatic rings. The molecule has 0 amide bonds. The van der Waals surface area contributed by atoms with E-state index < -0.39 is 5.63 Å². The molecule has 0 aliphatic carbocycles. The number of hydrogen-bond acceptors (Lipinski definition) is 6. The molecule has 3 heterocycles. The molecular weight excluding hydrogens is 374 g/mol. The molecule has 28 heavy (non-hydrogen) atoms. The summed E-state index contributed by atoms with van der Waals surface area (Å²) < 4.78 is 11.5. The second-order valence-corrected chi connectivity index (χ2v) is 7.30. The molecule has 0 radical (unpaired) electrons. The highest BCUT2D eigenvalue weighted by Gasteiger charge is 2.26. The summed E-state index contributed by atoms with van der Waals surface area (Å²) in [6, 6.07) is 14.6. The van der Waals surface area contributed by atoms with Crippen LogP contribution in [0, 0.1) is 6.92 Å². The predicted octanol–water partition coefficient (Wildman–Crippen LogP) is 5.20. The molecule has 0 bridgehead atoms. The second-order valence-electron chi connectivity index (χ2n) is 6.40. The van der Waals surface area contributed by atoms with Crippen molar-refractivity contribution in [1.29, 1.82) is 0 Å². The number of carbonyl (C=O) groups is 1. The Morgan fingerprint density at radius 3 is 2.64 bits per heavy atom. The smallest absolute Gasteiger partial charge is 0.336 e. The molecule has 0 saturated carbocycles. The Labute approximate surface area is 162 Å². The normalized spacial score (nSPS) is 11.3. The van der Waals surface area contributed by atoms with Gasteiger partial charge >= 0.3 is 5.63 Å². The van der Waals surface area contributed by atoms with Crippen LogP contribution in [0.1, 0.15) is 21.1 Å². The van der Waals surface area contributed by atoms with Crippen molar-refractivity contribution in [3.05, 3.63) is 86.9 Å². The number of ketones is 1. The van der Waals surface area contributed by atoms with Gasteiger partial charge in [-0.3, -0.25) is 4.79 Å². The molecule has 3 aromatic heterocycles. The summed E-state index contributed by atoms with van der Waals surface area (Å²) in [6.45, 7) is 1.86. The Balaban J connectivity index is 1.95. The lowest BCUT2D eigenvalue weighted by Crippen LogP contribution is -2.01. The number of hydrogen-bond donors (Lipinski definition) is 0. The summed E-state index contributed by atoms with van der Waals surface area (Å²) >= 11 is 1.25. The van der Waals surface area contributed by atoms with Gasteiger partial charge in [0.1, 0.15) is 11.2 Å². The third kappa shape index (κ3) is 2.50. The summed E-state index contributed by atoms with van der Waals surface area (Å²) in [4.78, 5) is 29.3. The van der Waals surface area contributed by atoms with Gasteiger partial charge in [0.15, 0.2) is 10.8 Å². The Morgan fingerprint density at radius 1 is 1.07 bits per heavy atom. The minimum absolute atomic E-state index is 0.188. The molecule has 136 valence electrons. The van der Waals surface area contributed by atoms with E-state index in [1.54, 1.807) is 17.6 Å². The number of fused-ring (bicyclic) bond motifs is 3. The highest BCUT2D eigenvalue weighted by atomic mass is 32.1. The van der Waals surface area contributed by atoms with Crippen molar-refractivity contribution in [2.75, 3.05) is 0 Å². The van der Waals surface area contributed by atoms with Gasteiger partial charge < -0.3 is 8.83 Å². The van der Waals surface area contributed by atoms with Crippen molar-refractivity contribution in [2.45, 2.75) is 6.92 Å². The molecule has 0 N–H and O–H groups in total. The fourth-order valence-electron chi connectivity index (χ4n) is 3.43. The van der Waals surface area contributed by atoms with E-state index >= 15 is 0 Å². The van der Waals surface area contributed by atoms with E-state index in [9.17, 15) is 9.59 Å². The van der Waals surface area contributed by atoms with Crippen LogP contribution in [0.4, 0.5) is 0 Å². The third-order valence-corrected chi connectivity index (χ3v) is 5.44. The monoisotopic (exact) mass is 387 g/mol. The topological polar surface area (TPSA) is 73.3 Å². The van der Waals surface area contributed by atoms with E-state index in [-0.39, 0.29) is 11.5 Å². The van der Waals surface area contributed by atoms with Gasteiger partial charge in [0.25, 0.3) is 5.78 Å². The number of benzene rings is 2. The molecule has 0 saturated heterocycles. The Kier molecular flexibility index (Phi) is 3.74. The maximum Gasteiger partial charge on any atom is 0.336 e. The van der Waals surface area contributed by atoms with Gasteiger partial charge in [-0.1, -0.05) is 30.3 Å². The number of aromatic nitrogens is 1. The first-order valence-electron chi connectivity index (χ1n) is 8.63. The highest BCUT2D eigenvalue weighted by molar-refractivity contribution is 7.11. The van der Waals surface area contributed by atoms with Crippen molar-refractivity contribution in [1.82, 2.24) is 4.98 Å². The molecule has 2 aromatic carbocycles. The molecule has 0 aliphatic heterocycles. The van der Waals surface area contributed by atoms with Gasteiger partial charge in [-0.05, 0) is 30.2 Å². The summed E-state index contributed by atoms with van der Waals surface area (Å²) in [5.74, 6) is -0.110. The fourth-order valence-corrected chi connectivity index (χ4v) is 4.01. The van der Waals surface area contributed by atoms with Crippen molar-refractivity contribution in [2.24, 2.45) is 0 Å². The lowest BCUT2D eigenvalue weighted by molar-refractivity contribution is 0.101. The molecule has 0 atom stereocenters. The molecule has 5 rings (SSSR count). The van der Waals surface area contributed by atoms with E-state index in [1.165, 1.54) is 17.4 Å². The minimum Gasteiger partial charge on any atom is -0.452 e. The quantitative estimate of drug-likeness (QED) is 0.314. The minimum atomic E-state index is -0.439. The zero-order valence-corrected chi connectivity index (χ0v) is 15.6. The number of carbonyl (C=O) groups excluding carboxylic acids is 1. The molecule has 0 unspecified atom stereocenters. The van der Waals surface area contributed by atoms with Crippen LogP contribution in [-0.2, 0) is 0 Å². The van der Waals surface area contributed by atoms with Gasteiger partial charge in [-0.25, -0.2) is 9.78 Å². The number of aryl methyl sites for hydroxylation is 1. The molecule has 6 heteroatoms. The summed E-state index contributed by atoms with van der Waals surface area (Å²) in [7, 11) is 0. The van der Waals surface area contributed by atoms with Crippen LogP contribution in [0.2, 0.25) is 0 Å². The Bertz CT molecular complexity index is 1400. The van der Waals surface area contributed by atoms with Crippen molar-refractivity contribution in [3.63, 3.8) is 0 Å². The molecule has 0 aliphatic rings. The van der Waals surface area contributed by atoms with E-state index in [2.05, 4.69) is 4.98 Å². The van der Waals surface area contributed by atoms with Crippen molar-refractivity contribution in [3.8, 4) is 11.1 Å². The number of thiazole rings is 1. The van der Waals surface area contributed by atoms with Crippen LogP contribution in [0.3, 0.4) is 0 Å². The average molecular weight is 387 g/mol. The van der Waals surface area contributed by atoms with Gasteiger partial charge in [0.05, 0.1) is 5.39 Å². The summed E-state index contributed by atoms with van der Waals surface area (Å²) in [6.07, 6.45) is 1.58. The zero-order chi connectivity index (χ0) is 19.3. The van der Waals surface area contributed by atoms with E-state index in [0.717, 1.165) is 16.5 Å². The summed E-state index contributed by atoms with van der Waals surface area (Å²) in [5, 5.41) is 3.51. The predicted molar refractivity (Wildman–Crippen MR) is 108 cm³/mol. The molecule has 0 spiro atoms. The lowest BCUT2D eigenvalue weighted by Gasteiger charge is -2.04. The average Bonchev–Trinajstić information content (AvgIpc) is 3.36. The van der Waals surface area contributed by atoms with Crippen LogP contribution < -0.4 is 5.63 Å². The maximum absolute atomic E-state index is 13.1. The Morgan fingerprint density at radius 2 is 1.89 bits per heavy atom. The van der Waals surface area contributed by atoms with Gasteiger partial charge in [0.2, 0.25) is 0 Å². The van der Waals surface area contributed by atoms with Crippen LogP contribution in [0.25, 0.3) is 33.1 Å². The first kappa shape index (κ1) is 16.6. The first-order valence-corrected chi connectivity index (χ1v) is 9.51. The fraction of sp³-hybridized carbons (Fsp3) is 0.0455. The van der Waals surface area contributed by atoms with Gasteiger partial charge in [-0.15, -0.1) is 11.3 Å². The zero-order valence-electron chi connectivity index (χ0n) is 14.8. The van der Waals surface area contributed by atoms with Crippen LogP contribution in [-0.4, -0.2) is 10.8 Å². The number of furan rings is 1. The largest absolute Gasteiger partial charge is 0.452 e. The van der Waals surface area contributed by atoms with Gasteiger partial charge in [-0.2, -0.15) is 0 Å². The maximum atomic E-state index is 13.1. The third-order valence-electron chi connectivity index (χ3n) is 4.67. The number of nitrogens with zero attached hydrogens (tertiary/aromatic N) is 1. The standard InChI is InChI=1S/C22H13NO4S/c1-12-11-16(24)27-20-14(12)7-8-15-18(20)17(13-5-3-2-4-6-13)21(26-15)19(25)22-23-9-10-28-22/h2-11H,1H3. The van der Waals surface area contributed by atoms with Crippen LogP contribution in [0.15, 0.2) is 73.7 Å². The van der Waals surface area contributed by atoms with E-state index in [1.807, 2.05) is 43.3 Å². The molecule has 0 fully saturated rings. The SMILES string of the molecule is Cc1cc(=O)oc2c1ccc1oc(C(=O)c3nccs3)c(-c3ccccc3)c12. The van der Waals surface area contributed by atoms with Crippen molar-refractivity contribution < 1.29 is 13.6 Å². The van der Waals surface area contributed by atoms with Gasteiger partial charge in [0, 0.05) is 28.6 Å². The lowest BCUT2D eigenvalue weighted by atomic mass is 9.98. The Hall–Kier alpha value is -3.51. The number of rotatable bonds is 3. The van der Waals surface area contributed by atoms with E-state index in [4.69, 9.17) is 8.83 Å². The summed E-state index contributed by atoms with van der Waals surface area (Å²) in [5.41, 5.74) is 2.68.